The van der Waals surface area contributed by atoms with Gasteiger partial charge in [0.1, 0.15) is 16.4 Å². The lowest BCUT2D eigenvalue weighted by molar-refractivity contribution is -0.0108. The molecule has 1 fully saturated rings. The molecule has 7 heteroatoms. The van der Waals surface area contributed by atoms with Gasteiger partial charge in [-0.15, -0.1) is 0 Å². The fourth-order valence-corrected chi connectivity index (χ4v) is 2.59. The molecule has 0 radical (unpaired) electrons. The molecule has 3 heterocycles. The number of pyridine rings is 1. The van der Waals surface area contributed by atoms with E-state index >= 15 is 0 Å². The molecule has 2 aromatic heterocycles. The summed E-state index contributed by atoms with van der Waals surface area (Å²) in [4.78, 5) is 17.8. The first kappa shape index (κ1) is 15.8. The molecule has 0 aliphatic carbocycles. The molecule has 0 aromatic carbocycles. The van der Waals surface area contributed by atoms with Crippen LogP contribution in [0.25, 0.3) is 11.3 Å². The first-order chi connectivity index (χ1) is 10.8. The molecule has 1 unspecified atom stereocenters. The average Bonchev–Trinajstić information content (AvgIpc) is 2.84. The third-order valence-electron chi connectivity index (χ3n) is 3.54. The van der Waals surface area contributed by atoms with Crippen LogP contribution < -0.4 is 0 Å². The van der Waals surface area contributed by atoms with E-state index in [1.54, 1.807) is 23.2 Å². The summed E-state index contributed by atoms with van der Waals surface area (Å²) in [6.07, 6.45) is 2.09. The van der Waals surface area contributed by atoms with Crippen LogP contribution in [0.3, 0.4) is 0 Å². The van der Waals surface area contributed by atoms with Crippen LogP contribution in [0.2, 0.25) is 5.15 Å². The molecular formula is C16H18ClN3O3. The fraction of sp³-hybridized carbons (Fsp3) is 0.438. The molecule has 1 aliphatic heterocycles. The number of hydrogen-bond acceptors (Lipinski definition) is 5. The van der Waals surface area contributed by atoms with Gasteiger partial charge in [0.2, 0.25) is 0 Å². The van der Waals surface area contributed by atoms with E-state index in [9.17, 15) is 4.79 Å². The molecule has 1 aliphatic rings. The van der Waals surface area contributed by atoms with E-state index < -0.39 is 5.60 Å². The van der Waals surface area contributed by atoms with Crippen molar-refractivity contribution in [3.05, 3.63) is 35.3 Å². The van der Waals surface area contributed by atoms with Crippen molar-refractivity contribution < 1.29 is 14.1 Å². The van der Waals surface area contributed by atoms with Gasteiger partial charge in [0, 0.05) is 24.4 Å². The monoisotopic (exact) mass is 335 g/mol. The molecule has 1 amide bonds. The van der Waals surface area contributed by atoms with E-state index in [2.05, 4.69) is 10.1 Å². The highest BCUT2D eigenvalue weighted by Gasteiger charge is 2.38. The van der Waals surface area contributed by atoms with Crippen molar-refractivity contribution in [2.45, 2.75) is 38.8 Å². The van der Waals surface area contributed by atoms with Crippen molar-refractivity contribution in [3.8, 4) is 11.3 Å². The number of halogens is 1. The van der Waals surface area contributed by atoms with Crippen LogP contribution >= 0.6 is 11.6 Å². The predicted molar refractivity (Wildman–Crippen MR) is 85.0 cm³/mol. The van der Waals surface area contributed by atoms with Crippen LogP contribution in [0.4, 0.5) is 4.79 Å². The van der Waals surface area contributed by atoms with E-state index in [0.717, 1.165) is 6.42 Å². The summed E-state index contributed by atoms with van der Waals surface area (Å²) in [7, 11) is 0. The summed E-state index contributed by atoms with van der Waals surface area (Å²) in [6, 6.07) is 5.25. The minimum Gasteiger partial charge on any atom is -0.444 e. The largest absolute Gasteiger partial charge is 0.444 e. The smallest absolute Gasteiger partial charge is 0.410 e. The molecular weight excluding hydrogens is 318 g/mol. The third kappa shape index (κ3) is 3.32. The number of likely N-dealkylation sites (tertiary alicyclic amines) is 1. The zero-order valence-electron chi connectivity index (χ0n) is 13.2. The topological polar surface area (TPSA) is 68.5 Å². The maximum absolute atomic E-state index is 12.2. The number of aromatic nitrogens is 2. The molecule has 1 atom stereocenters. The Morgan fingerprint density at radius 2 is 2.26 bits per heavy atom. The van der Waals surface area contributed by atoms with E-state index in [-0.39, 0.29) is 12.1 Å². The molecule has 6 nitrogen and oxygen atoms in total. The molecule has 0 bridgehead atoms. The van der Waals surface area contributed by atoms with Gasteiger partial charge in [-0.05, 0) is 39.3 Å². The van der Waals surface area contributed by atoms with Crippen LogP contribution in [0.5, 0.6) is 0 Å². The molecule has 0 N–H and O–H groups in total. The summed E-state index contributed by atoms with van der Waals surface area (Å²) in [6.45, 7) is 6.17. The summed E-state index contributed by atoms with van der Waals surface area (Å²) in [5, 5.41) is 4.41. The normalized spacial score (nSPS) is 17.7. The first-order valence-electron chi connectivity index (χ1n) is 7.42. The van der Waals surface area contributed by atoms with Crippen LogP contribution in [0.1, 0.15) is 39.0 Å². The lowest BCUT2D eigenvalue weighted by atomic mass is 10.0. The Hall–Kier alpha value is -2.08. The molecule has 122 valence electrons. The van der Waals surface area contributed by atoms with E-state index in [4.69, 9.17) is 20.9 Å². The van der Waals surface area contributed by atoms with Gasteiger partial charge in [0.25, 0.3) is 0 Å². The van der Waals surface area contributed by atoms with Gasteiger partial charge in [-0.2, -0.15) is 0 Å². The molecule has 3 rings (SSSR count). The zero-order valence-corrected chi connectivity index (χ0v) is 14.0. The zero-order chi connectivity index (χ0) is 16.6. The first-order valence-corrected chi connectivity index (χ1v) is 7.80. The average molecular weight is 336 g/mol. The minimum atomic E-state index is -0.521. The van der Waals surface area contributed by atoms with Crippen molar-refractivity contribution in [1.29, 1.82) is 0 Å². The highest BCUT2D eigenvalue weighted by molar-refractivity contribution is 6.32. The number of nitrogens with zero attached hydrogens (tertiary/aromatic N) is 3. The highest BCUT2D eigenvalue weighted by Crippen LogP contribution is 2.36. The number of rotatable bonds is 2. The van der Waals surface area contributed by atoms with E-state index in [1.807, 2.05) is 26.8 Å². The van der Waals surface area contributed by atoms with Crippen molar-refractivity contribution in [2.24, 2.45) is 0 Å². The Labute approximate surface area is 139 Å². The van der Waals surface area contributed by atoms with Gasteiger partial charge in [0.05, 0.1) is 6.04 Å². The number of ether oxygens (including phenoxy) is 1. The Bertz CT molecular complexity index is 723. The van der Waals surface area contributed by atoms with Gasteiger partial charge in [-0.25, -0.2) is 9.78 Å². The van der Waals surface area contributed by atoms with Gasteiger partial charge in [0.15, 0.2) is 5.76 Å². The summed E-state index contributed by atoms with van der Waals surface area (Å²) < 4.78 is 10.8. The summed E-state index contributed by atoms with van der Waals surface area (Å²) >= 11 is 6.07. The maximum Gasteiger partial charge on any atom is 0.410 e. The molecule has 1 saturated heterocycles. The van der Waals surface area contributed by atoms with Crippen LogP contribution in [0.15, 0.2) is 28.9 Å². The SMILES string of the molecule is CC(C)(C)OC(=O)N1CCC1c1cc(-c2cccnc2Cl)no1. The second-order valence-corrected chi connectivity index (χ2v) is 6.79. The molecule has 23 heavy (non-hydrogen) atoms. The van der Waals surface area contributed by atoms with Gasteiger partial charge >= 0.3 is 6.09 Å². The van der Waals surface area contributed by atoms with Gasteiger partial charge < -0.3 is 9.26 Å². The lowest BCUT2D eigenvalue weighted by Gasteiger charge is -2.39. The molecule has 2 aromatic rings. The van der Waals surface area contributed by atoms with Gasteiger partial charge in [-0.1, -0.05) is 16.8 Å². The van der Waals surface area contributed by atoms with Crippen LogP contribution in [-0.2, 0) is 4.74 Å². The highest BCUT2D eigenvalue weighted by atomic mass is 35.5. The van der Waals surface area contributed by atoms with Crippen molar-refractivity contribution in [1.82, 2.24) is 15.0 Å². The number of carbonyl (C=O) groups excluding carboxylic acids is 1. The number of carbonyl (C=O) groups is 1. The number of hydrogen-bond donors (Lipinski definition) is 0. The Kier molecular flexibility index (Phi) is 4.02. The quantitative estimate of drug-likeness (QED) is 0.774. The Morgan fingerprint density at radius 1 is 1.48 bits per heavy atom. The molecule has 0 spiro atoms. The standard InChI is InChI=1S/C16H18ClN3O3/c1-16(2,3)22-15(21)20-8-6-12(20)13-9-11(19-23-13)10-5-4-7-18-14(10)17/h4-5,7,9,12H,6,8H2,1-3H3. The summed E-state index contributed by atoms with van der Waals surface area (Å²) in [5.74, 6) is 0.622. The third-order valence-corrected chi connectivity index (χ3v) is 3.84. The van der Waals surface area contributed by atoms with Crippen LogP contribution in [0, 0.1) is 0 Å². The Balaban J connectivity index is 1.76. The fourth-order valence-electron chi connectivity index (χ4n) is 2.37. The van der Waals surface area contributed by atoms with Crippen molar-refractivity contribution >= 4 is 17.7 Å². The number of amides is 1. The summed E-state index contributed by atoms with van der Waals surface area (Å²) in [5.41, 5.74) is 0.786. The van der Waals surface area contributed by atoms with Gasteiger partial charge in [-0.3, -0.25) is 4.90 Å². The second kappa shape index (κ2) is 5.85. The minimum absolute atomic E-state index is 0.151. The molecule has 0 saturated carbocycles. The van der Waals surface area contributed by atoms with Crippen LogP contribution in [-0.4, -0.2) is 33.3 Å². The lowest BCUT2D eigenvalue weighted by Crippen LogP contribution is -2.47. The second-order valence-electron chi connectivity index (χ2n) is 6.43. The van der Waals surface area contributed by atoms with Crippen molar-refractivity contribution in [3.63, 3.8) is 0 Å². The predicted octanol–water partition coefficient (Wildman–Crippen LogP) is 4.07. The Morgan fingerprint density at radius 3 is 2.87 bits per heavy atom. The maximum atomic E-state index is 12.2. The van der Waals surface area contributed by atoms with Crippen molar-refractivity contribution in [2.75, 3.05) is 6.54 Å². The van der Waals surface area contributed by atoms with E-state index in [1.165, 1.54) is 0 Å². The van der Waals surface area contributed by atoms with E-state index in [0.29, 0.717) is 28.7 Å².